The van der Waals surface area contributed by atoms with E-state index in [1.165, 1.54) is 26.1 Å². The fraction of sp³-hybridized carbons (Fsp3) is 1.00. The normalized spacial score (nSPS) is 38.4. The summed E-state index contributed by atoms with van der Waals surface area (Å²) in [4.78, 5) is 5.34. The summed E-state index contributed by atoms with van der Waals surface area (Å²) in [6, 6.07) is 2.86. The number of hydrogen-bond donors (Lipinski definition) is 1. The van der Waals surface area contributed by atoms with Gasteiger partial charge in [0.05, 0.1) is 0 Å². The van der Waals surface area contributed by atoms with Gasteiger partial charge in [0.1, 0.15) is 0 Å². The minimum Gasteiger partial charge on any atom is -0.311 e. The SMILES string of the molecule is CC1CN(C2CCN(C(C)C)C2)C(C)CN1. The minimum atomic E-state index is 0.657. The van der Waals surface area contributed by atoms with Gasteiger partial charge in [-0.25, -0.2) is 0 Å². The smallest absolute Gasteiger partial charge is 0.0239 e. The van der Waals surface area contributed by atoms with E-state index in [0.29, 0.717) is 18.1 Å². The first-order valence-corrected chi connectivity index (χ1v) is 6.81. The van der Waals surface area contributed by atoms with Crippen LogP contribution in [-0.2, 0) is 0 Å². The van der Waals surface area contributed by atoms with Crippen LogP contribution in [0.15, 0.2) is 0 Å². The Kier molecular flexibility index (Phi) is 3.88. The van der Waals surface area contributed by atoms with Gasteiger partial charge in [-0.1, -0.05) is 0 Å². The molecule has 2 heterocycles. The molecule has 3 nitrogen and oxygen atoms in total. The minimum absolute atomic E-state index is 0.657. The van der Waals surface area contributed by atoms with E-state index in [0.717, 1.165) is 12.6 Å². The number of nitrogens with zero attached hydrogens (tertiary/aromatic N) is 2. The molecule has 0 aliphatic carbocycles. The van der Waals surface area contributed by atoms with Crippen molar-refractivity contribution in [3.05, 3.63) is 0 Å². The molecule has 3 heteroatoms. The highest BCUT2D eigenvalue weighted by molar-refractivity contribution is 4.91. The molecule has 2 aliphatic rings. The summed E-state index contributed by atoms with van der Waals surface area (Å²) in [7, 11) is 0. The second kappa shape index (κ2) is 5.03. The van der Waals surface area contributed by atoms with E-state index in [2.05, 4.69) is 42.8 Å². The lowest BCUT2D eigenvalue weighted by Crippen LogP contribution is -2.58. The zero-order chi connectivity index (χ0) is 11.7. The monoisotopic (exact) mass is 225 g/mol. The van der Waals surface area contributed by atoms with Gasteiger partial charge in [0.25, 0.3) is 0 Å². The fourth-order valence-electron chi connectivity index (χ4n) is 3.07. The van der Waals surface area contributed by atoms with Crippen LogP contribution in [0.4, 0.5) is 0 Å². The molecule has 2 rings (SSSR count). The summed E-state index contributed by atoms with van der Waals surface area (Å²) < 4.78 is 0. The molecule has 94 valence electrons. The molecule has 2 aliphatic heterocycles. The molecular weight excluding hydrogens is 198 g/mol. The summed E-state index contributed by atoms with van der Waals surface area (Å²) in [5, 5.41) is 3.56. The lowest BCUT2D eigenvalue weighted by Gasteiger charge is -2.41. The number of rotatable bonds is 2. The quantitative estimate of drug-likeness (QED) is 0.760. The standard InChI is InChI=1S/C13H27N3/c1-10(2)15-6-5-13(9-15)16-8-11(3)14-7-12(16)4/h10-14H,5-9H2,1-4H3. The predicted octanol–water partition coefficient (Wildman–Crippen LogP) is 1.15. The van der Waals surface area contributed by atoms with Crippen molar-refractivity contribution in [3.63, 3.8) is 0 Å². The molecule has 2 fully saturated rings. The largest absolute Gasteiger partial charge is 0.311 e. The molecule has 0 spiro atoms. The van der Waals surface area contributed by atoms with Gasteiger partial charge in [-0.3, -0.25) is 9.80 Å². The molecule has 0 aromatic rings. The topological polar surface area (TPSA) is 18.5 Å². The maximum atomic E-state index is 3.56. The average Bonchev–Trinajstić information content (AvgIpc) is 2.70. The maximum absolute atomic E-state index is 3.56. The second-order valence-corrected chi connectivity index (χ2v) is 5.89. The number of nitrogens with one attached hydrogen (secondary N) is 1. The van der Waals surface area contributed by atoms with Crippen molar-refractivity contribution in [3.8, 4) is 0 Å². The van der Waals surface area contributed by atoms with Crippen molar-refractivity contribution in [2.45, 2.75) is 58.3 Å². The second-order valence-electron chi connectivity index (χ2n) is 5.89. The van der Waals surface area contributed by atoms with Crippen LogP contribution < -0.4 is 5.32 Å². The third-order valence-electron chi connectivity index (χ3n) is 4.21. The first-order chi connectivity index (χ1) is 7.58. The van der Waals surface area contributed by atoms with Crippen LogP contribution in [0.5, 0.6) is 0 Å². The molecule has 3 unspecified atom stereocenters. The number of hydrogen-bond acceptors (Lipinski definition) is 3. The highest BCUT2D eigenvalue weighted by atomic mass is 15.3. The van der Waals surface area contributed by atoms with E-state index in [9.17, 15) is 0 Å². The lowest BCUT2D eigenvalue weighted by molar-refractivity contribution is 0.0948. The van der Waals surface area contributed by atoms with Crippen LogP contribution in [0.25, 0.3) is 0 Å². The Morgan fingerprint density at radius 3 is 2.56 bits per heavy atom. The Bertz CT molecular complexity index is 229. The van der Waals surface area contributed by atoms with Gasteiger partial charge in [0, 0.05) is 50.3 Å². The van der Waals surface area contributed by atoms with Crippen LogP contribution in [0.1, 0.15) is 34.1 Å². The van der Waals surface area contributed by atoms with Gasteiger partial charge >= 0.3 is 0 Å². The molecule has 0 amide bonds. The zero-order valence-electron chi connectivity index (χ0n) is 11.2. The molecule has 16 heavy (non-hydrogen) atoms. The third kappa shape index (κ3) is 2.58. The number of likely N-dealkylation sites (tertiary alicyclic amines) is 1. The fourth-order valence-corrected chi connectivity index (χ4v) is 3.07. The van der Waals surface area contributed by atoms with Gasteiger partial charge in [0.2, 0.25) is 0 Å². The van der Waals surface area contributed by atoms with Crippen molar-refractivity contribution in [1.29, 1.82) is 0 Å². The van der Waals surface area contributed by atoms with E-state index >= 15 is 0 Å². The van der Waals surface area contributed by atoms with Gasteiger partial charge in [-0.2, -0.15) is 0 Å². The average molecular weight is 225 g/mol. The van der Waals surface area contributed by atoms with E-state index in [-0.39, 0.29) is 0 Å². The van der Waals surface area contributed by atoms with Crippen molar-refractivity contribution in [1.82, 2.24) is 15.1 Å². The molecular formula is C13H27N3. The predicted molar refractivity (Wildman–Crippen MR) is 68.7 cm³/mol. The third-order valence-corrected chi connectivity index (χ3v) is 4.21. The Hall–Kier alpha value is -0.120. The van der Waals surface area contributed by atoms with Crippen molar-refractivity contribution in [2.24, 2.45) is 0 Å². The van der Waals surface area contributed by atoms with Gasteiger partial charge in [-0.15, -0.1) is 0 Å². The van der Waals surface area contributed by atoms with Crippen LogP contribution in [-0.4, -0.2) is 60.1 Å². The van der Waals surface area contributed by atoms with E-state index < -0.39 is 0 Å². The Morgan fingerprint density at radius 1 is 1.19 bits per heavy atom. The highest BCUT2D eigenvalue weighted by Crippen LogP contribution is 2.21. The van der Waals surface area contributed by atoms with Crippen LogP contribution in [0, 0.1) is 0 Å². The number of piperazine rings is 1. The molecule has 3 atom stereocenters. The molecule has 0 saturated carbocycles. The summed E-state index contributed by atoms with van der Waals surface area (Å²) in [6.07, 6.45) is 1.36. The van der Waals surface area contributed by atoms with E-state index in [1.54, 1.807) is 0 Å². The summed E-state index contributed by atoms with van der Waals surface area (Å²) in [6.45, 7) is 14.2. The zero-order valence-corrected chi connectivity index (χ0v) is 11.2. The van der Waals surface area contributed by atoms with E-state index in [1.807, 2.05) is 0 Å². The van der Waals surface area contributed by atoms with Crippen molar-refractivity contribution in [2.75, 3.05) is 26.2 Å². The highest BCUT2D eigenvalue weighted by Gasteiger charge is 2.33. The first kappa shape index (κ1) is 12.3. The molecule has 0 aromatic carbocycles. The van der Waals surface area contributed by atoms with Crippen LogP contribution in [0.3, 0.4) is 0 Å². The Morgan fingerprint density at radius 2 is 1.94 bits per heavy atom. The first-order valence-electron chi connectivity index (χ1n) is 6.81. The van der Waals surface area contributed by atoms with Crippen LogP contribution >= 0.6 is 0 Å². The van der Waals surface area contributed by atoms with Crippen LogP contribution in [0.2, 0.25) is 0 Å². The summed E-state index contributed by atoms with van der Waals surface area (Å²) in [5.41, 5.74) is 0. The van der Waals surface area contributed by atoms with Crippen molar-refractivity contribution >= 4 is 0 Å². The molecule has 0 aromatic heterocycles. The van der Waals surface area contributed by atoms with Gasteiger partial charge in [0.15, 0.2) is 0 Å². The Balaban J connectivity index is 1.92. The molecule has 0 bridgehead atoms. The summed E-state index contributed by atoms with van der Waals surface area (Å²) in [5.74, 6) is 0. The van der Waals surface area contributed by atoms with Gasteiger partial charge < -0.3 is 5.32 Å². The molecule has 1 N–H and O–H groups in total. The lowest BCUT2D eigenvalue weighted by atomic mass is 10.1. The molecule has 0 radical (unpaired) electrons. The van der Waals surface area contributed by atoms with E-state index in [4.69, 9.17) is 0 Å². The Labute approximate surface area is 100 Å². The van der Waals surface area contributed by atoms with Gasteiger partial charge in [-0.05, 0) is 34.1 Å². The maximum Gasteiger partial charge on any atom is 0.0239 e. The summed E-state index contributed by atoms with van der Waals surface area (Å²) >= 11 is 0. The molecule has 2 saturated heterocycles. The van der Waals surface area contributed by atoms with Crippen molar-refractivity contribution < 1.29 is 0 Å².